The number of piperidine rings is 1. The average molecular weight is 175 g/mol. The Labute approximate surface area is 70.4 Å². The lowest BCUT2D eigenvalue weighted by atomic mass is 10.1. The first-order valence-electron chi connectivity index (χ1n) is 3.76. The van der Waals surface area contributed by atoms with E-state index >= 15 is 0 Å². The summed E-state index contributed by atoms with van der Waals surface area (Å²) in [7, 11) is 0. The van der Waals surface area contributed by atoms with E-state index in [0.29, 0.717) is 5.96 Å². The lowest BCUT2D eigenvalue weighted by Crippen LogP contribution is -2.47. The van der Waals surface area contributed by atoms with Crippen molar-refractivity contribution in [3.63, 3.8) is 0 Å². The van der Waals surface area contributed by atoms with E-state index in [-0.39, 0.29) is 11.5 Å². The number of alkyl halides is 1. The summed E-state index contributed by atoms with van der Waals surface area (Å²) in [6.45, 7) is 0.934. The third kappa shape index (κ3) is 1.28. The highest BCUT2D eigenvalue weighted by molar-refractivity contribution is 6.20. The van der Waals surface area contributed by atoms with Crippen LogP contribution in [0.5, 0.6) is 0 Å². The molecule has 0 aromatic heterocycles. The molecule has 0 spiro atoms. The van der Waals surface area contributed by atoms with Crippen molar-refractivity contribution in [2.24, 2.45) is 10.7 Å². The topological polar surface area (TPSA) is 53.6 Å². The zero-order valence-corrected chi connectivity index (χ0v) is 6.88. The van der Waals surface area contributed by atoms with Crippen LogP contribution >= 0.6 is 11.6 Å². The van der Waals surface area contributed by atoms with E-state index in [2.05, 4.69) is 10.4 Å². The molecule has 0 amide bonds. The molecule has 0 bridgehead atoms. The zero-order chi connectivity index (χ0) is 7.84. The van der Waals surface area contributed by atoms with Gasteiger partial charge in [0, 0.05) is 18.3 Å². The van der Waals surface area contributed by atoms with Crippen molar-refractivity contribution in [3.05, 3.63) is 0 Å². The Hall–Kier alpha value is -0.480. The summed E-state index contributed by atoms with van der Waals surface area (Å²) in [5, 5.41) is 2.29. The minimum atomic E-state index is 0.172. The predicted octanol–water partition coefficient (Wildman–Crippen LogP) is -0.151. The molecule has 2 atom stereocenters. The first kappa shape index (κ1) is 7.18. The fourth-order valence-electron chi connectivity index (χ4n) is 1.49. The van der Waals surface area contributed by atoms with Crippen molar-refractivity contribution in [1.82, 2.24) is 10.4 Å². The number of nitrogens with one attached hydrogen (secondary N) is 1. The zero-order valence-electron chi connectivity index (χ0n) is 6.13. The summed E-state index contributed by atoms with van der Waals surface area (Å²) >= 11 is 5.97. The molecule has 0 aromatic carbocycles. The molecule has 11 heavy (non-hydrogen) atoms. The normalized spacial score (nSPS) is 37.7. The van der Waals surface area contributed by atoms with E-state index in [1.54, 1.807) is 0 Å². The third-order valence-electron chi connectivity index (χ3n) is 2.06. The van der Waals surface area contributed by atoms with Crippen LogP contribution in [0.25, 0.3) is 0 Å². The number of hydrogen-bond acceptors (Lipinski definition) is 4. The molecule has 2 rings (SSSR count). The first-order valence-corrected chi connectivity index (χ1v) is 4.20. The first-order chi connectivity index (χ1) is 5.25. The van der Waals surface area contributed by atoms with Gasteiger partial charge in [-0.05, 0) is 6.42 Å². The Kier molecular flexibility index (Phi) is 1.65. The number of hydrazine groups is 1. The van der Waals surface area contributed by atoms with Gasteiger partial charge in [0.25, 0.3) is 0 Å². The maximum atomic E-state index is 5.97. The van der Waals surface area contributed by atoms with E-state index in [4.69, 9.17) is 17.3 Å². The van der Waals surface area contributed by atoms with Crippen molar-refractivity contribution in [2.45, 2.75) is 24.4 Å². The van der Waals surface area contributed by atoms with E-state index < -0.39 is 0 Å². The van der Waals surface area contributed by atoms with Crippen molar-refractivity contribution >= 4 is 17.6 Å². The van der Waals surface area contributed by atoms with E-state index in [1.165, 1.54) is 0 Å². The second-order valence-corrected chi connectivity index (χ2v) is 3.54. The van der Waals surface area contributed by atoms with Crippen LogP contribution < -0.4 is 11.2 Å². The summed E-state index contributed by atoms with van der Waals surface area (Å²) in [5.41, 5.74) is 8.47. The molecule has 2 aliphatic heterocycles. The number of halogens is 1. The molecule has 5 heteroatoms. The van der Waals surface area contributed by atoms with Crippen molar-refractivity contribution < 1.29 is 0 Å². The van der Waals surface area contributed by atoms with Crippen molar-refractivity contribution in [1.29, 1.82) is 0 Å². The van der Waals surface area contributed by atoms with Gasteiger partial charge in [0.05, 0.1) is 0 Å². The highest BCUT2D eigenvalue weighted by Gasteiger charge is 2.31. The molecule has 4 nitrogen and oxygen atoms in total. The van der Waals surface area contributed by atoms with Gasteiger partial charge in [-0.1, -0.05) is 0 Å². The molecule has 1 saturated heterocycles. The van der Waals surface area contributed by atoms with Crippen LogP contribution in [0.4, 0.5) is 0 Å². The van der Waals surface area contributed by atoms with Gasteiger partial charge >= 0.3 is 0 Å². The molecule has 2 aliphatic rings. The highest BCUT2D eigenvalue weighted by atomic mass is 35.5. The number of nitrogens with zero attached hydrogens (tertiary/aromatic N) is 2. The quantitative estimate of drug-likeness (QED) is 0.503. The minimum Gasteiger partial charge on any atom is -0.369 e. The number of guanidine groups is 1. The van der Waals surface area contributed by atoms with Gasteiger partial charge in [-0.25, -0.2) is 4.99 Å². The third-order valence-corrected chi connectivity index (χ3v) is 2.45. The van der Waals surface area contributed by atoms with Gasteiger partial charge in [-0.2, -0.15) is 5.01 Å². The number of rotatable bonds is 0. The van der Waals surface area contributed by atoms with Gasteiger partial charge in [0.2, 0.25) is 5.96 Å². The molecule has 0 saturated carbocycles. The standard InChI is InChI=1S/C6H11ClN4/c7-4-1-2-11-5(3-4)9-6(8)10-11/h4-5H,1-3H2,(H3,8,9,10). The van der Waals surface area contributed by atoms with Gasteiger partial charge in [0.15, 0.2) is 0 Å². The molecular weight excluding hydrogens is 164 g/mol. The Morgan fingerprint density at radius 1 is 1.73 bits per heavy atom. The predicted molar refractivity (Wildman–Crippen MR) is 44.1 cm³/mol. The lowest BCUT2D eigenvalue weighted by Gasteiger charge is -2.29. The molecular formula is C6H11ClN4. The smallest absolute Gasteiger partial charge is 0.205 e. The molecule has 0 aromatic rings. The van der Waals surface area contributed by atoms with Gasteiger partial charge in [-0.15, -0.1) is 11.6 Å². The fraction of sp³-hybridized carbons (Fsp3) is 0.833. The van der Waals surface area contributed by atoms with Crippen LogP contribution in [0.2, 0.25) is 0 Å². The number of aliphatic imine (C=N–C) groups is 1. The van der Waals surface area contributed by atoms with Crippen LogP contribution in [-0.4, -0.2) is 29.1 Å². The summed E-state index contributed by atoms with van der Waals surface area (Å²) in [4.78, 5) is 4.19. The second-order valence-electron chi connectivity index (χ2n) is 2.92. The van der Waals surface area contributed by atoms with Crippen LogP contribution in [0.15, 0.2) is 4.99 Å². The summed E-state index contributed by atoms with van der Waals surface area (Å²) in [5.74, 6) is 0.515. The van der Waals surface area contributed by atoms with Crippen LogP contribution in [0.3, 0.4) is 0 Å². The Bertz CT molecular complexity index is 193. The van der Waals surface area contributed by atoms with Gasteiger partial charge < -0.3 is 5.73 Å². The molecule has 2 heterocycles. The van der Waals surface area contributed by atoms with E-state index in [0.717, 1.165) is 19.4 Å². The van der Waals surface area contributed by atoms with Crippen LogP contribution in [-0.2, 0) is 0 Å². The molecule has 0 radical (unpaired) electrons. The Balaban J connectivity index is 2.05. The van der Waals surface area contributed by atoms with Crippen molar-refractivity contribution in [3.8, 4) is 0 Å². The fourth-order valence-corrected chi connectivity index (χ4v) is 1.75. The number of nitrogens with two attached hydrogens (primary N) is 1. The summed E-state index contributed by atoms with van der Waals surface area (Å²) < 4.78 is 0. The van der Waals surface area contributed by atoms with Gasteiger partial charge in [0.1, 0.15) is 6.17 Å². The monoisotopic (exact) mass is 174 g/mol. The average Bonchev–Trinajstić information content (AvgIpc) is 2.27. The molecule has 0 aliphatic carbocycles. The highest BCUT2D eigenvalue weighted by Crippen LogP contribution is 2.22. The molecule has 1 fully saturated rings. The van der Waals surface area contributed by atoms with E-state index in [9.17, 15) is 0 Å². The van der Waals surface area contributed by atoms with Gasteiger partial charge in [-0.3, -0.25) is 5.43 Å². The largest absolute Gasteiger partial charge is 0.369 e. The Morgan fingerprint density at radius 2 is 2.55 bits per heavy atom. The minimum absolute atomic E-state index is 0.172. The number of fused-ring (bicyclic) bond motifs is 1. The summed E-state index contributed by atoms with van der Waals surface area (Å²) in [6.07, 6.45) is 2.08. The lowest BCUT2D eigenvalue weighted by molar-refractivity contribution is 0.146. The SMILES string of the molecule is NC1=NC2CC(Cl)CCN2N1. The molecule has 2 unspecified atom stereocenters. The van der Waals surface area contributed by atoms with Crippen LogP contribution in [0.1, 0.15) is 12.8 Å². The van der Waals surface area contributed by atoms with Crippen LogP contribution in [0, 0.1) is 0 Å². The van der Waals surface area contributed by atoms with E-state index in [1.807, 2.05) is 5.01 Å². The second kappa shape index (κ2) is 2.53. The maximum Gasteiger partial charge on any atom is 0.205 e. The maximum absolute atomic E-state index is 5.97. The van der Waals surface area contributed by atoms with Crippen molar-refractivity contribution in [2.75, 3.05) is 6.54 Å². The molecule has 3 N–H and O–H groups in total. The summed E-state index contributed by atoms with van der Waals surface area (Å²) in [6, 6.07) is 0. The Morgan fingerprint density at radius 3 is 3.36 bits per heavy atom. The molecule has 62 valence electrons. The number of hydrogen-bond donors (Lipinski definition) is 2.